The summed E-state index contributed by atoms with van der Waals surface area (Å²) in [5.74, 6) is -2.87. The molecule has 0 aliphatic rings. The number of anilines is 3. The second-order valence-electron chi connectivity index (χ2n) is 20.6. The molecular formula is C69H60F3N3O12S3. The van der Waals surface area contributed by atoms with Gasteiger partial charge in [-0.1, -0.05) is 151 Å². The molecule has 0 aliphatic carbocycles. The van der Waals surface area contributed by atoms with E-state index in [1.807, 2.05) is 79.7 Å². The first-order valence-electron chi connectivity index (χ1n) is 27.9. The fourth-order valence-electron chi connectivity index (χ4n) is 9.52. The molecule has 21 heteroatoms. The lowest BCUT2D eigenvalue weighted by Crippen LogP contribution is -2.14. The minimum Gasteiger partial charge on any atom is -0.478 e. The number of carbonyl (C=O) groups is 3. The van der Waals surface area contributed by atoms with E-state index in [4.69, 9.17) is 0 Å². The monoisotopic (exact) mass is 1280 g/mol. The molecule has 0 fully saturated rings. The van der Waals surface area contributed by atoms with E-state index in [-0.39, 0.29) is 21.0 Å². The Hall–Kier alpha value is -10.1. The van der Waals surface area contributed by atoms with Crippen LogP contribution in [-0.2, 0) is 74.8 Å². The third-order valence-corrected chi connectivity index (χ3v) is 18.5. The quantitative estimate of drug-likeness (QED) is 0.0393. The van der Waals surface area contributed by atoms with Crippen LogP contribution in [0.15, 0.2) is 251 Å². The smallest absolute Gasteiger partial charge is 0.416 e. The van der Waals surface area contributed by atoms with Crippen molar-refractivity contribution in [3.8, 4) is 0 Å². The van der Waals surface area contributed by atoms with Gasteiger partial charge < -0.3 is 15.3 Å². The van der Waals surface area contributed by atoms with Crippen LogP contribution in [0.25, 0.3) is 10.8 Å². The van der Waals surface area contributed by atoms with Gasteiger partial charge in [0.15, 0.2) is 0 Å². The summed E-state index contributed by atoms with van der Waals surface area (Å²) in [7, 11) is -11.6. The van der Waals surface area contributed by atoms with Crippen LogP contribution in [0.2, 0.25) is 0 Å². The Bertz CT molecular complexity index is 4530. The SMILES string of the molecule is Cc1ccc(S(=O)(=O)Nc2ccc(CCc3ccccc3C(=O)O)cc2)cc1.O=C(O)c1ccccc1CCc1ccc(NS(=O)(=O)c2cccc(C(F)(F)F)c2)cc1.O=C(O)c1ccccc1CCc1ccc(NS(=O)(=O)c2cccc3ccccc23)cc1. The zero-order valence-electron chi connectivity index (χ0n) is 48.1. The van der Waals surface area contributed by atoms with Crippen LogP contribution in [0.1, 0.15) is 75.6 Å². The molecule has 10 aromatic rings. The third kappa shape index (κ3) is 18.0. The highest BCUT2D eigenvalue weighted by Gasteiger charge is 2.32. The van der Waals surface area contributed by atoms with Gasteiger partial charge in [-0.3, -0.25) is 14.2 Å². The predicted octanol–water partition coefficient (Wildman–Crippen LogP) is 14.4. The van der Waals surface area contributed by atoms with Crippen molar-refractivity contribution in [3.05, 3.63) is 298 Å². The van der Waals surface area contributed by atoms with Crippen molar-refractivity contribution in [2.24, 2.45) is 0 Å². The number of nitrogens with one attached hydrogen (secondary N) is 3. The molecule has 10 aromatic carbocycles. The first-order valence-corrected chi connectivity index (χ1v) is 32.3. The lowest BCUT2D eigenvalue weighted by atomic mass is 10.00. The van der Waals surface area contributed by atoms with E-state index in [0.717, 1.165) is 57.0 Å². The van der Waals surface area contributed by atoms with Crippen LogP contribution in [0.4, 0.5) is 30.2 Å². The zero-order valence-corrected chi connectivity index (χ0v) is 50.6. The number of benzene rings is 10. The number of alkyl halides is 3. The lowest BCUT2D eigenvalue weighted by Gasteiger charge is -2.11. The number of rotatable bonds is 21. The van der Waals surface area contributed by atoms with Gasteiger partial charge in [0.2, 0.25) is 0 Å². The van der Waals surface area contributed by atoms with Gasteiger partial charge in [-0.15, -0.1) is 0 Å². The van der Waals surface area contributed by atoms with E-state index in [2.05, 4.69) is 14.2 Å². The number of aromatic carboxylic acids is 3. The van der Waals surface area contributed by atoms with Crippen LogP contribution in [0.5, 0.6) is 0 Å². The van der Waals surface area contributed by atoms with Gasteiger partial charge in [0.05, 0.1) is 36.9 Å². The standard InChI is InChI=1S/C25H21NO4S.C22H18F3NO4S.C22H21NO4S/c27-25(28)23-10-4-2-7-20(23)15-12-18-13-16-21(17-14-18)26-31(29,30)24-11-5-8-19-6-1-3-9-22(19)24;23-22(24,25)17-5-3-6-19(14-17)31(29,30)26-18-12-9-15(10-13-18)8-11-16-4-1-2-7-20(16)21(27)28;1-16-6-14-20(15-7-16)28(26,27)23-19-12-9-17(10-13-19)8-11-18-4-2-3-5-21(18)22(24)25/h1-11,13-14,16-17,26H,12,15H2,(H,27,28);1-7,9-10,12-14,26H,8,11H2,(H,27,28);2-7,9-10,12-15,23H,8,11H2,1H3,(H,24,25). The van der Waals surface area contributed by atoms with Crippen molar-refractivity contribution < 1.29 is 68.1 Å². The largest absolute Gasteiger partial charge is 0.478 e. The molecule has 10 rings (SSSR count). The third-order valence-electron chi connectivity index (χ3n) is 14.3. The number of carboxylic acid groups (broad SMARTS) is 3. The highest BCUT2D eigenvalue weighted by atomic mass is 32.2. The van der Waals surface area contributed by atoms with Crippen molar-refractivity contribution >= 4 is 75.8 Å². The first-order chi connectivity index (χ1) is 42.8. The van der Waals surface area contributed by atoms with E-state index in [9.17, 15) is 68.1 Å². The van der Waals surface area contributed by atoms with Crippen molar-refractivity contribution in [1.29, 1.82) is 0 Å². The molecule has 462 valence electrons. The summed E-state index contributed by atoms with van der Waals surface area (Å²) < 4.78 is 122. The maximum Gasteiger partial charge on any atom is 0.416 e. The molecule has 15 nitrogen and oxygen atoms in total. The minimum absolute atomic E-state index is 0.201. The lowest BCUT2D eigenvalue weighted by molar-refractivity contribution is -0.137. The molecule has 0 aliphatic heterocycles. The second kappa shape index (κ2) is 29.3. The molecule has 0 atom stereocenters. The maximum atomic E-state index is 12.9. The predicted molar refractivity (Wildman–Crippen MR) is 341 cm³/mol. The normalized spacial score (nSPS) is 11.5. The Morgan fingerprint density at radius 2 is 0.733 bits per heavy atom. The summed E-state index contributed by atoms with van der Waals surface area (Å²) in [5, 5.41) is 29.3. The molecule has 0 unspecified atom stereocenters. The van der Waals surface area contributed by atoms with Crippen molar-refractivity contribution in [2.45, 2.75) is 66.3 Å². The fraction of sp³-hybridized carbons (Fsp3) is 0.116. The van der Waals surface area contributed by atoms with Crippen LogP contribution < -0.4 is 14.2 Å². The Balaban J connectivity index is 0.000000175. The van der Waals surface area contributed by atoms with Crippen LogP contribution in [0.3, 0.4) is 0 Å². The van der Waals surface area contributed by atoms with Crippen LogP contribution in [0, 0.1) is 6.92 Å². The molecule has 0 saturated carbocycles. The van der Waals surface area contributed by atoms with E-state index >= 15 is 0 Å². The number of halogens is 3. The first kappa shape index (κ1) is 65.9. The number of hydrogen-bond donors (Lipinski definition) is 6. The molecule has 0 spiro atoms. The number of hydrogen-bond acceptors (Lipinski definition) is 9. The van der Waals surface area contributed by atoms with Crippen molar-refractivity contribution in [2.75, 3.05) is 14.2 Å². The fourth-order valence-corrected chi connectivity index (χ4v) is 13.0. The van der Waals surface area contributed by atoms with Crippen LogP contribution in [-0.4, -0.2) is 58.5 Å². The number of fused-ring (bicyclic) bond motifs is 1. The Kier molecular flexibility index (Phi) is 21.4. The van der Waals surface area contributed by atoms with E-state index in [1.165, 1.54) is 18.2 Å². The molecule has 6 N–H and O–H groups in total. The Labute approximate surface area is 519 Å². The molecule has 0 amide bonds. The Morgan fingerprint density at radius 3 is 1.14 bits per heavy atom. The number of aryl methyl sites for hydroxylation is 7. The summed E-state index contributed by atoms with van der Waals surface area (Å²) in [4.78, 5) is 33.9. The van der Waals surface area contributed by atoms with Crippen molar-refractivity contribution in [1.82, 2.24) is 0 Å². The molecule has 0 radical (unpaired) electrons. The van der Waals surface area contributed by atoms with Gasteiger partial charge >= 0.3 is 24.1 Å². The van der Waals surface area contributed by atoms with Crippen molar-refractivity contribution in [3.63, 3.8) is 0 Å². The second-order valence-corrected chi connectivity index (χ2v) is 25.6. The average Bonchev–Trinajstić information content (AvgIpc) is 1.71. The van der Waals surface area contributed by atoms with Gasteiger partial charge in [0, 0.05) is 22.4 Å². The highest BCUT2D eigenvalue weighted by molar-refractivity contribution is 7.93. The summed E-state index contributed by atoms with van der Waals surface area (Å²) in [5.41, 5.74) is 7.03. The molecule has 0 aromatic heterocycles. The van der Waals surface area contributed by atoms with Gasteiger partial charge in [-0.25, -0.2) is 39.6 Å². The zero-order chi connectivity index (χ0) is 64.6. The molecule has 90 heavy (non-hydrogen) atoms. The summed E-state index contributed by atoms with van der Waals surface area (Å²) in [6.07, 6.45) is -1.13. The van der Waals surface area contributed by atoms with E-state index < -0.39 is 64.6 Å². The Morgan fingerprint density at radius 1 is 0.378 bits per heavy atom. The summed E-state index contributed by atoms with van der Waals surface area (Å²) in [6.45, 7) is 1.90. The summed E-state index contributed by atoms with van der Waals surface area (Å²) >= 11 is 0. The minimum atomic E-state index is -4.65. The maximum absolute atomic E-state index is 12.9. The van der Waals surface area contributed by atoms with Gasteiger partial charge in [0.1, 0.15) is 0 Å². The topological polar surface area (TPSA) is 250 Å². The van der Waals surface area contributed by atoms with Gasteiger partial charge in [0.25, 0.3) is 30.1 Å². The molecular weight excluding hydrogens is 1220 g/mol. The molecule has 0 saturated heterocycles. The average molecular weight is 1280 g/mol. The highest BCUT2D eigenvalue weighted by Crippen LogP contribution is 2.32. The van der Waals surface area contributed by atoms with E-state index in [0.29, 0.717) is 78.0 Å². The molecule has 0 bridgehead atoms. The van der Waals surface area contributed by atoms with Crippen LogP contribution >= 0.6 is 0 Å². The van der Waals surface area contributed by atoms with E-state index in [1.54, 1.807) is 121 Å². The summed E-state index contributed by atoms with van der Waals surface area (Å²) in [6, 6.07) is 63.9. The number of carboxylic acids is 3. The molecule has 0 heterocycles. The van der Waals surface area contributed by atoms with Gasteiger partial charge in [-0.2, -0.15) is 13.2 Å². The van der Waals surface area contributed by atoms with Gasteiger partial charge in [-0.05, 0) is 175 Å². The number of sulfonamides is 3.